The molecule has 0 unspecified atom stereocenters. The molecule has 50 heavy (non-hydrogen) atoms. The Balaban J connectivity index is 0.000000206. The summed E-state index contributed by atoms with van der Waals surface area (Å²) in [6, 6.07) is 50.9. The maximum absolute atomic E-state index is 5.00. The molecule has 0 aliphatic heterocycles. The molecule has 5 aromatic carbocycles. The quantitative estimate of drug-likeness (QED) is 0.179. The minimum Gasteiger partial charge on any atom is -0.314 e. The Morgan fingerprint density at radius 2 is 1.18 bits per heavy atom. The van der Waals surface area contributed by atoms with Crippen LogP contribution < -0.4 is 0 Å². The third-order valence-corrected chi connectivity index (χ3v) is 9.41. The number of rotatable bonds is 6. The average Bonchev–Trinajstić information content (AvgIpc) is 3.51. The van der Waals surface area contributed by atoms with Crippen molar-refractivity contribution in [1.82, 2.24) is 14.5 Å². The fourth-order valence-electron chi connectivity index (χ4n) is 6.88. The predicted molar refractivity (Wildman–Crippen MR) is 210 cm³/mol. The monoisotopic (exact) mass is 649 g/mol. The van der Waals surface area contributed by atoms with Crippen molar-refractivity contribution in [2.75, 3.05) is 0 Å². The zero-order chi connectivity index (χ0) is 34.5. The van der Waals surface area contributed by atoms with Gasteiger partial charge in [-0.15, -0.1) is 0 Å². The first kappa shape index (κ1) is 32.7. The van der Waals surface area contributed by atoms with Gasteiger partial charge in [0.1, 0.15) is 0 Å². The number of fused-ring (bicyclic) bond motifs is 1. The lowest BCUT2D eigenvalue weighted by molar-refractivity contribution is 0.869. The van der Waals surface area contributed by atoms with E-state index in [1.54, 1.807) is 0 Å². The molecular formula is C47H43N3. The van der Waals surface area contributed by atoms with Crippen molar-refractivity contribution in [1.29, 1.82) is 0 Å². The van der Waals surface area contributed by atoms with Crippen LogP contribution in [-0.4, -0.2) is 14.5 Å². The van der Waals surface area contributed by atoms with Crippen molar-refractivity contribution >= 4 is 6.08 Å². The zero-order valence-electron chi connectivity index (χ0n) is 29.3. The lowest BCUT2D eigenvalue weighted by Crippen LogP contribution is -2.02. The Morgan fingerprint density at radius 1 is 0.580 bits per heavy atom. The minimum atomic E-state index is 0.566. The molecular weight excluding hydrogens is 607 g/mol. The van der Waals surface area contributed by atoms with Crippen LogP contribution in [0.2, 0.25) is 0 Å². The van der Waals surface area contributed by atoms with Crippen LogP contribution in [0.3, 0.4) is 0 Å². The van der Waals surface area contributed by atoms with E-state index in [4.69, 9.17) is 9.97 Å². The fourth-order valence-corrected chi connectivity index (χ4v) is 6.88. The van der Waals surface area contributed by atoms with Crippen molar-refractivity contribution in [2.45, 2.75) is 46.5 Å². The summed E-state index contributed by atoms with van der Waals surface area (Å²) in [5, 5.41) is 0. The fraction of sp³-hybridized carbons (Fsp3) is 0.149. The van der Waals surface area contributed by atoms with E-state index in [1.165, 1.54) is 39.2 Å². The number of hydrogen-bond acceptors (Lipinski definition) is 2. The van der Waals surface area contributed by atoms with Crippen LogP contribution in [0.4, 0.5) is 0 Å². The second kappa shape index (κ2) is 14.8. The van der Waals surface area contributed by atoms with Gasteiger partial charge in [-0.3, -0.25) is 0 Å². The minimum absolute atomic E-state index is 0.566. The van der Waals surface area contributed by atoms with E-state index in [2.05, 4.69) is 154 Å². The van der Waals surface area contributed by atoms with Crippen molar-refractivity contribution < 1.29 is 0 Å². The van der Waals surface area contributed by atoms with E-state index in [1.807, 2.05) is 36.4 Å². The first-order valence-corrected chi connectivity index (χ1v) is 17.6. The van der Waals surface area contributed by atoms with E-state index >= 15 is 0 Å². The normalized spacial score (nSPS) is 11.9. The smallest absolute Gasteiger partial charge is 0.160 e. The summed E-state index contributed by atoms with van der Waals surface area (Å²) >= 11 is 0. The van der Waals surface area contributed by atoms with Crippen LogP contribution in [0.25, 0.3) is 56.8 Å². The summed E-state index contributed by atoms with van der Waals surface area (Å²) in [6.07, 6.45) is 6.72. The average molecular weight is 650 g/mol. The number of aromatic nitrogens is 3. The second-order valence-corrected chi connectivity index (χ2v) is 13.3. The molecule has 1 aliphatic carbocycles. The van der Waals surface area contributed by atoms with Crippen LogP contribution in [0.15, 0.2) is 152 Å². The summed E-state index contributed by atoms with van der Waals surface area (Å²) in [6.45, 7) is 8.85. The predicted octanol–water partition coefficient (Wildman–Crippen LogP) is 12.3. The van der Waals surface area contributed by atoms with Crippen LogP contribution in [0.1, 0.15) is 54.3 Å². The standard InChI is InChI=1S/C31H25N3.C16H18/c1-22-19-25-15-8-9-18-30(25)34(22)27-17-10-16-26(20-27)31-32-28(23-11-4-2-5-12-23)21-29(33-31)24-13-6-3-7-14-24;1-12(2)14-9-6-7-11-16(14)15-10-5-4-8-13(15)3/h2-7,9-14,16-21H,8,15H2,1H3;4-12H,1-3H3. The number of aryl methyl sites for hydroxylation is 3. The van der Waals surface area contributed by atoms with E-state index in [0.29, 0.717) is 5.92 Å². The third kappa shape index (κ3) is 6.99. The zero-order valence-corrected chi connectivity index (χ0v) is 29.3. The van der Waals surface area contributed by atoms with E-state index < -0.39 is 0 Å². The molecule has 2 aromatic heterocycles. The second-order valence-electron chi connectivity index (χ2n) is 13.3. The maximum atomic E-state index is 5.00. The Kier molecular flexibility index (Phi) is 9.66. The Labute approximate surface area is 296 Å². The molecule has 3 nitrogen and oxygen atoms in total. The lowest BCUT2D eigenvalue weighted by atomic mass is 9.91. The van der Waals surface area contributed by atoms with Gasteiger partial charge in [-0.1, -0.05) is 141 Å². The van der Waals surface area contributed by atoms with Gasteiger partial charge in [0.25, 0.3) is 0 Å². The molecule has 0 saturated heterocycles. The van der Waals surface area contributed by atoms with E-state index in [9.17, 15) is 0 Å². The number of nitrogens with zero attached hydrogens (tertiary/aromatic N) is 3. The molecule has 0 radical (unpaired) electrons. The van der Waals surface area contributed by atoms with Crippen molar-refractivity contribution in [3.8, 4) is 50.7 Å². The summed E-state index contributed by atoms with van der Waals surface area (Å²) < 4.78 is 2.34. The molecule has 7 aromatic rings. The lowest BCUT2D eigenvalue weighted by Gasteiger charge is -2.14. The molecule has 2 heterocycles. The Bertz CT molecular complexity index is 2200. The third-order valence-electron chi connectivity index (χ3n) is 9.41. The van der Waals surface area contributed by atoms with Gasteiger partial charge in [0.05, 0.1) is 11.4 Å². The molecule has 0 spiro atoms. The van der Waals surface area contributed by atoms with Gasteiger partial charge < -0.3 is 4.57 Å². The topological polar surface area (TPSA) is 30.7 Å². The van der Waals surface area contributed by atoms with Gasteiger partial charge in [-0.25, -0.2) is 9.97 Å². The summed E-state index contributed by atoms with van der Waals surface area (Å²) in [4.78, 5) is 9.99. The molecule has 0 bridgehead atoms. The number of benzene rings is 5. The summed E-state index contributed by atoms with van der Waals surface area (Å²) in [5.41, 5.74) is 15.6. The summed E-state index contributed by atoms with van der Waals surface area (Å²) in [5.74, 6) is 1.30. The molecule has 0 N–H and O–H groups in total. The molecule has 0 amide bonds. The Morgan fingerprint density at radius 3 is 1.84 bits per heavy atom. The molecule has 0 saturated carbocycles. The van der Waals surface area contributed by atoms with Crippen LogP contribution in [0, 0.1) is 13.8 Å². The van der Waals surface area contributed by atoms with E-state index in [0.717, 1.165) is 52.4 Å². The first-order chi connectivity index (χ1) is 24.5. The maximum Gasteiger partial charge on any atom is 0.160 e. The highest BCUT2D eigenvalue weighted by Gasteiger charge is 2.16. The molecule has 1 aliphatic rings. The highest BCUT2D eigenvalue weighted by Crippen LogP contribution is 2.32. The highest BCUT2D eigenvalue weighted by molar-refractivity contribution is 5.73. The Hall–Kier alpha value is -5.80. The van der Waals surface area contributed by atoms with Gasteiger partial charge in [-0.2, -0.15) is 0 Å². The number of hydrogen-bond donors (Lipinski definition) is 0. The highest BCUT2D eigenvalue weighted by atomic mass is 15.0. The van der Waals surface area contributed by atoms with Crippen LogP contribution >= 0.6 is 0 Å². The summed E-state index contributed by atoms with van der Waals surface area (Å²) in [7, 11) is 0. The van der Waals surface area contributed by atoms with Crippen molar-refractivity contribution in [3.63, 3.8) is 0 Å². The molecule has 246 valence electrons. The molecule has 3 heteroatoms. The molecule has 0 atom stereocenters. The van der Waals surface area contributed by atoms with Crippen molar-refractivity contribution in [2.24, 2.45) is 0 Å². The number of allylic oxidation sites excluding steroid dienone is 1. The van der Waals surface area contributed by atoms with Gasteiger partial charge in [0.15, 0.2) is 5.82 Å². The van der Waals surface area contributed by atoms with Crippen LogP contribution in [-0.2, 0) is 6.42 Å². The van der Waals surface area contributed by atoms with E-state index in [-0.39, 0.29) is 0 Å². The van der Waals surface area contributed by atoms with Crippen molar-refractivity contribution in [3.05, 3.63) is 180 Å². The molecule has 0 fully saturated rings. The van der Waals surface area contributed by atoms with Crippen LogP contribution in [0.5, 0.6) is 0 Å². The SMILES string of the molecule is Cc1cc2c(n1-c1cccc(-c3nc(-c4ccccc4)cc(-c4ccccc4)n3)c1)C=CCC2.Cc1ccccc1-c1ccccc1C(C)C. The molecule has 8 rings (SSSR count). The van der Waals surface area contributed by atoms with Gasteiger partial charge in [-0.05, 0) is 90.8 Å². The first-order valence-electron chi connectivity index (χ1n) is 17.6. The van der Waals surface area contributed by atoms with Gasteiger partial charge in [0.2, 0.25) is 0 Å². The van der Waals surface area contributed by atoms with Gasteiger partial charge >= 0.3 is 0 Å². The van der Waals surface area contributed by atoms with Gasteiger partial charge in [0, 0.05) is 33.8 Å². The largest absolute Gasteiger partial charge is 0.314 e.